The van der Waals surface area contributed by atoms with Crippen LogP contribution in [-0.2, 0) is 19.6 Å². The zero-order chi connectivity index (χ0) is 23.4. The van der Waals surface area contributed by atoms with Crippen molar-refractivity contribution >= 4 is 21.9 Å². The minimum absolute atomic E-state index is 0.107. The zero-order valence-corrected chi connectivity index (χ0v) is 17.5. The van der Waals surface area contributed by atoms with E-state index in [2.05, 4.69) is 19.6 Å². The molecule has 0 spiro atoms. The number of aromatic nitrogens is 2. The number of ether oxygens (including phenoxy) is 1. The molecule has 2 saturated heterocycles. The third kappa shape index (κ3) is 5.93. The molecule has 2 N–H and O–H groups in total. The monoisotopic (exact) mass is 474 g/mol. The Morgan fingerprint density at radius 2 is 1.78 bits per heavy atom. The second-order valence-corrected chi connectivity index (χ2v) is 8.98. The fraction of sp³-hybridized carbons (Fsp3) is 0.421. The second-order valence-electron chi connectivity index (χ2n) is 7.22. The molecular weight excluding hydrogens is 453 g/mol. The standard InChI is InChI=1S/C17H20N4O3S.C2HF3O2/c22-25(23,14-5-2-1-3-6-14)20-9-13-12-24-16-11-21(10-15(13)16)17-18-7-4-8-19-17;3-2(4,5)1(6)7/h1-8,13,15-16,20H,9-12H2;(H,6,7)/t13-,15-,16-;/m1./s1. The van der Waals surface area contributed by atoms with Gasteiger partial charge < -0.3 is 14.7 Å². The van der Waals surface area contributed by atoms with E-state index in [0.717, 1.165) is 13.1 Å². The number of fused-ring (bicyclic) bond motifs is 1. The van der Waals surface area contributed by atoms with Crippen LogP contribution in [0, 0.1) is 11.8 Å². The molecule has 0 saturated carbocycles. The highest BCUT2D eigenvalue weighted by molar-refractivity contribution is 7.89. The Labute approximate surface area is 182 Å². The molecule has 9 nitrogen and oxygen atoms in total. The Morgan fingerprint density at radius 3 is 2.38 bits per heavy atom. The number of anilines is 1. The zero-order valence-electron chi connectivity index (χ0n) is 16.6. The summed E-state index contributed by atoms with van der Waals surface area (Å²) in [5.74, 6) is -1.63. The summed E-state index contributed by atoms with van der Waals surface area (Å²) in [5, 5.41) is 7.12. The van der Waals surface area contributed by atoms with Crippen molar-refractivity contribution in [1.29, 1.82) is 0 Å². The van der Waals surface area contributed by atoms with Crippen LogP contribution in [0.2, 0.25) is 0 Å². The summed E-state index contributed by atoms with van der Waals surface area (Å²) in [5.41, 5.74) is 0. The third-order valence-electron chi connectivity index (χ3n) is 5.11. The van der Waals surface area contributed by atoms with Gasteiger partial charge in [-0.2, -0.15) is 13.2 Å². The van der Waals surface area contributed by atoms with Crippen molar-refractivity contribution in [2.24, 2.45) is 11.8 Å². The summed E-state index contributed by atoms with van der Waals surface area (Å²) in [7, 11) is -3.49. The van der Waals surface area contributed by atoms with Gasteiger partial charge in [0.25, 0.3) is 0 Å². The molecule has 174 valence electrons. The molecule has 32 heavy (non-hydrogen) atoms. The van der Waals surface area contributed by atoms with E-state index >= 15 is 0 Å². The van der Waals surface area contributed by atoms with Gasteiger partial charge in [-0.3, -0.25) is 0 Å². The number of carboxylic acids is 1. The molecule has 0 radical (unpaired) electrons. The van der Waals surface area contributed by atoms with Crippen LogP contribution in [0.4, 0.5) is 19.1 Å². The van der Waals surface area contributed by atoms with Crippen molar-refractivity contribution in [3.8, 4) is 0 Å². The number of sulfonamides is 1. The van der Waals surface area contributed by atoms with E-state index in [1.54, 1.807) is 48.8 Å². The van der Waals surface area contributed by atoms with Crippen molar-refractivity contribution in [1.82, 2.24) is 14.7 Å². The molecule has 2 aliphatic heterocycles. The molecule has 2 aromatic rings. The number of nitrogens with zero attached hydrogens (tertiary/aromatic N) is 3. The lowest BCUT2D eigenvalue weighted by molar-refractivity contribution is -0.192. The van der Waals surface area contributed by atoms with E-state index in [0.29, 0.717) is 19.1 Å². The number of rotatable bonds is 5. The molecule has 4 rings (SSSR count). The average Bonchev–Trinajstić information content (AvgIpc) is 3.35. The fourth-order valence-electron chi connectivity index (χ4n) is 3.53. The first-order valence-corrected chi connectivity index (χ1v) is 11.0. The van der Waals surface area contributed by atoms with Crippen LogP contribution in [0.3, 0.4) is 0 Å². The minimum Gasteiger partial charge on any atom is -0.475 e. The molecule has 1 aromatic heterocycles. The maximum atomic E-state index is 12.4. The van der Waals surface area contributed by atoms with Crippen LogP contribution < -0.4 is 9.62 Å². The average molecular weight is 474 g/mol. The maximum absolute atomic E-state index is 12.4. The summed E-state index contributed by atoms with van der Waals surface area (Å²) in [6.07, 6.45) is -1.53. The SMILES string of the molecule is O=C(O)C(F)(F)F.O=S(=O)(NC[C@@H]1CO[C@@H]2CN(c3ncccn3)C[C@H]12)c1ccccc1. The molecule has 2 fully saturated rings. The maximum Gasteiger partial charge on any atom is 0.490 e. The van der Waals surface area contributed by atoms with E-state index < -0.39 is 22.2 Å². The molecule has 0 bridgehead atoms. The van der Waals surface area contributed by atoms with Crippen molar-refractivity contribution < 1.29 is 36.2 Å². The molecular formula is C19H21F3N4O5S. The van der Waals surface area contributed by atoms with Gasteiger partial charge >= 0.3 is 12.1 Å². The van der Waals surface area contributed by atoms with Gasteiger partial charge in [0.15, 0.2) is 0 Å². The number of halogens is 3. The number of nitrogens with one attached hydrogen (secondary N) is 1. The number of hydrogen-bond donors (Lipinski definition) is 2. The van der Waals surface area contributed by atoms with Gasteiger partial charge in [0.1, 0.15) is 0 Å². The lowest BCUT2D eigenvalue weighted by Gasteiger charge is -2.19. The Balaban J connectivity index is 0.000000360. The molecule has 13 heteroatoms. The lowest BCUT2D eigenvalue weighted by Crippen LogP contribution is -2.34. The normalized spacial score (nSPS) is 22.7. The summed E-state index contributed by atoms with van der Waals surface area (Å²) >= 11 is 0. The Hall–Kier alpha value is -2.77. The van der Waals surface area contributed by atoms with Crippen molar-refractivity contribution in [2.75, 3.05) is 31.1 Å². The molecule has 2 aliphatic rings. The summed E-state index contributed by atoms with van der Waals surface area (Å²) in [4.78, 5) is 19.9. The van der Waals surface area contributed by atoms with Gasteiger partial charge in [-0.05, 0) is 18.2 Å². The van der Waals surface area contributed by atoms with Crippen LogP contribution in [0.15, 0.2) is 53.7 Å². The third-order valence-corrected chi connectivity index (χ3v) is 6.54. The molecule has 0 unspecified atom stereocenters. The van der Waals surface area contributed by atoms with Gasteiger partial charge in [-0.25, -0.2) is 27.9 Å². The highest BCUT2D eigenvalue weighted by Crippen LogP contribution is 2.34. The van der Waals surface area contributed by atoms with Crippen LogP contribution >= 0.6 is 0 Å². The summed E-state index contributed by atoms with van der Waals surface area (Å²) < 4.78 is 65.1. The molecule has 3 heterocycles. The first-order valence-electron chi connectivity index (χ1n) is 9.56. The highest BCUT2D eigenvalue weighted by Gasteiger charge is 2.44. The van der Waals surface area contributed by atoms with Gasteiger partial charge in [0.05, 0.1) is 17.6 Å². The van der Waals surface area contributed by atoms with E-state index in [1.807, 2.05) is 0 Å². The van der Waals surface area contributed by atoms with Crippen LogP contribution in [0.5, 0.6) is 0 Å². The number of aliphatic carboxylic acids is 1. The van der Waals surface area contributed by atoms with Crippen LogP contribution in [0.25, 0.3) is 0 Å². The molecule has 3 atom stereocenters. The highest BCUT2D eigenvalue weighted by atomic mass is 32.2. The fourth-order valence-corrected chi connectivity index (χ4v) is 4.64. The number of carboxylic acid groups (broad SMARTS) is 1. The van der Waals surface area contributed by atoms with Crippen LogP contribution in [0.1, 0.15) is 0 Å². The van der Waals surface area contributed by atoms with Crippen molar-refractivity contribution in [3.63, 3.8) is 0 Å². The predicted octanol–water partition coefficient (Wildman–Crippen LogP) is 1.54. The lowest BCUT2D eigenvalue weighted by atomic mass is 9.93. The Morgan fingerprint density at radius 1 is 1.16 bits per heavy atom. The Bertz CT molecular complexity index is 1010. The smallest absolute Gasteiger partial charge is 0.475 e. The first-order chi connectivity index (χ1) is 15.1. The van der Waals surface area contributed by atoms with Gasteiger partial charge in [-0.15, -0.1) is 0 Å². The Kier molecular flexibility index (Phi) is 7.31. The predicted molar refractivity (Wildman–Crippen MR) is 106 cm³/mol. The summed E-state index contributed by atoms with van der Waals surface area (Å²) in [6.45, 7) is 2.49. The second kappa shape index (κ2) is 9.79. The van der Waals surface area contributed by atoms with Crippen molar-refractivity contribution in [3.05, 3.63) is 48.8 Å². The molecule has 0 amide bonds. The number of alkyl halides is 3. The number of benzene rings is 1. The van der Waals surface area contributed by atoms with Gasteiger partial charge in [-0.1, -0.05) is 18.2 Å². The molecule has 1 aromatic carbocycles. The van der Waals surface area contributed by atoms with Crippen molar-refractivity contribution in [2.45, 2.75) is 17.2 Å². The van der Waals surface area contributed by atoms with E-state index in [4.69, 9.17) is 14.6 Å². The number of carbonyl (C=O) groups is 1. The number of hydrogen-bond acceptors (Lipinski definition) is 7. The topological polar surface area (TPSA) is 122 Å². The summed E-state index contributed by atoms with van der Waals surface area (Å²) in [6, 6.07) is 10.2. The van der Waals surface area contributed by atoms with Crippen LogP contribution in [-0.4, -0.2) is 68.0 Å². The van der Waals surface area contributed by atoms with E-state index in [9.17, 15) is 21.6 Å². The van der Waals surface area contributed by atoms with E-state index in [1.165, 1.54) is 0 Å². The van der Waals surface area contributed by atoms with Gasteiger partial charge in [0.2, 0.25) is 16.0 Å². The van der Waals surface area contributed by atoms with Gasteiger partial charge in [0, 0.05) is 43.9 Å². The quantitative estimate of drug-likeness (QED) is 0.669. The first kappa shape index (κ1) is 23.9. The van der Waals surface area contributed by atoms with E-state index in [-0.39, 0.29) is 22.8 Å². The molecule has 0 aliphatic carbocycles. The largest absolute Gasteiger partial charge is 0.490 e. The minimum atomic E-state index is -5.08.